The molecule has 2 rings (SSSR count). The minimum absolute atomic E-state index is 0.0428. The van der Waals surface area contributed by atoms with Crippen molar-refractivity contribution in [2.75, 3.05) is 11.9 Å². The first-order chi connectivity index (χ1) is 9.45. The topological polar surface area (TPSA) is 50.7 Å². The summed E-state index contributed by atoms with van der Waals surface area (Å²) in [5.41, 5.74) is 0.969. The predicted molar refractivity (Wildman–Crippen MR) is 68.5 cm³/mol. The third-order valence-corrected chi connectivity index (χ3v) is 2.58. The largest absolute Gasteiger partial charge is 0.451 e. The van der Waals surface area contributed by atoms with Gasteiger partial charge >= 0.3 is 6.18 Å². The highest BCUT2D eigenvalue weighted by atomic mass is 35.5. The highest BCUT2D eigenvalue weighted by Crippen LogP contribution is 2.28. The molecule has 0 atom stereocenters. The summed E-state index contributed by atoms with van der Waals surface area (Å²) in [5, 5.41) is 2.53. The van der Waals surface area contributed by atoms with E-state index < -0.39 is 12.0 Å². The Labute approximate surface area is 118 Å². The monoisotopic (exact) mass is 302 g/mol. The molecule has 0 aliphatic rings. The second-order valence-corrected chi connectivity index (χ2v) is 4.32. The quantitative estimate of drug-likeness (QED) is 0.881. The van der Waals surface area contributed by atoms with Crippen LogP contribution in [-0.2, 0) is 12.6 Å². The zero-order valence-electron chi connectivity index (χ0n) is 10.2. The van der Waals surface area contributed by atoms with Crippen molar-refractivity contribution in [3.8, 4) is 0 Å². The van der Waals surface area contributed by atoms with E-state index in [9.17, 15) is 13.2 Å². The molecular formula is C12H10ClF3N4. The van der Waals surface area contributed by atoms with Crippen LogP contribution in [-0.4, -0.2) is 21.5 Å². The molecule has 2 heterocycles. The minimum Gasteiger partial charge on any atom is -0.370 e. The third-order valence-electron chi connectivity index (χ3n) is 2.39. The number of pyridine rings is 1. The van der Waals surface area contributed by atoms with Crippen LogP contribution >= 0.6 is 11.6 Å². The summed E-state index contributed by atoms with van der Waals surface area (Å²) in [6.07, 6.45) is -0.673. The summed E-state index contributed by atoms with van der Waals surface area (Å²) in [5.74, 6) is -1.21. The van der Waals surface area contributed by atoms with Gasteiger partial charge in [-0.1, -0.05) is 17.7 Å². The van der Waals surface area contributed by atoms with Crippen molar-refractivity contribution in [3.05, 3.63) is 47.1 Å². The molecule has 2 aromatic heterocycles. The summed E-state index contributed by atoms with van der Waals surface area (Å²) in [7, 11) is 0. The number of nitrogens with one attached hydrogen (secondary N) is 1. The van der Waals surface area contributed by atoms with Gasteiger partial charge in [-0.3, -0.25) is 4.98 Å². The fraction of sp³-hybridized carbons (Fsp3) is 0.250. The molecule has 0 unspecified atom stereocenters. The van der Waals surface area contributed by atoms with Crippen molar-refractivity contribution < 1.29 is 13.2 Å². The Morgan fingerprint density at radius 3 is 2.70 bits per heavy atom. The van der Waals surface area contributed by atoms with Gasteiger partial charge in [-0.2, -0.15) is 13.2 Å². The minimum atomic E-state index is -4.62. The van der Waals surface area contributed by atoms with Crippen LogP contribution in [0, 0.1) is 0 Å². The lowest BCUT2D eigenvalue weighted by molar-refractivity contribution is -0.144. The molecule has 1 N–H and O–H groups in total. The molecule has 0 saturated carbocycles. The molecule has 2 aromatic rings. The van der Waals surface area contributed by atoms with Gasteiger partial charge in [0.15, 0.2) is 0 Å². The predicted octanol–water partition coefficient (Wildman–Crippen LogP) is 3.20. The van der Waals surface area contributed by atoms with Crippen LogP contribution in [0.3, 0.4) is 0 Å². The van der Waals surface area contributed by atoms with E-state index in [0.29, 0.717) is 13.0 Å². The van der Waals surface area contributed by atoms with Crippen LogP contribution < -0.4 is 5.32 Å². The van der Waals surface area contributed by atoms with Crippen LogP contribution in [0.2, 0.25) is 5.15 Å². The van der Waals surface area contributed by atoms with Crippen LogP contribution in [0.4, 0.5) is 19.0 Å². The van der Waals surface area contributed by atoms with E-state index in [1.54, 1.807) is 18.5 Å². The number of hydrogen-bond donors (Lipinski definition) is 1. The molecule has 0 aliphatic carbocycles. The van der Waals surface area contributed by atoms with Gasteiger partial charge in [0.05, 0.1) is 0 Å². The maximum absolute atomic E-state index is 12.5. The summed E-state index contributed by atoms with van der Waals surface area (Å²) in [6, 6.07) is 4.92. The van der Waals surface area contributed by atoms with Crippen molar-refractivity contribution in [2.45, 2.75) is 12.6 Å². The van der Waals surface area contributed by atoms with Crippen molar-refractivity contribution in [2.24, 2.45) is 0 Å². The molecule has 8 heteroatoms. The Bertz CT molecular complexity index is 575. The lowest BCUT2D eigenvalue weighted by atomic mass is 10.2. The molecule has 0 aromatic carbocycles. The van der Waals surface area contributed by atoms with Crippen molar-refractivity contribution in [1.82, 2.24) is 15.0 Å². The fourth-order valence-corrected chi connectivity index (χ4v) is 1.70. The van der Waals surface area contributed by atoms with E-state index in [-0.39, 0.29) is 11.0 Å². The number of rotatable bonds is 4. The Morgan fingerprint density at radius 1 is 1.25 bits per heavy atom. The molecule has 4 nitrogen and oxygen atoms in total. The zero-order valence-corrected chi connectivity index (χ0v) is 10.9. The number of aromatic nitrogens is 3. The second kappa shape index (κ2) is 6.04. The van der Waals surface area contributed by atoms with Crippen molar-refractivity contribution in [1.29, 1.82) is 0 Å². The number of nitrogens with zero attached hydrogens (tertiary/aromatic N) is 3. The molecule has 0 saturated heterocycles. The third kappa shape index (κ3) is 4.06. The SMILES string of the molecule is FC(F)(F)c1nc(Cl)cc(NCCc2cccnc2)n1. The van der Waals surface area contributed by atoms with Crippen LogP contribution in [0.25, 0.3) is 0 Å². The molecule has 20 heavy (non-hydrogen) atoms. The molecule has 0 fully saturated rings. The van der Waals surface area contributed by atoms with Gasteiger partial charge in [0.1, 0.15) is 11.0 Å². The highest BCUT2D eigenvalue weighted by molar-refractivity contribution is 6.29. The molecular weight excluding hydrogens is 293 g/mol. The summed E-state index contributed by atoms with van der Waals surface area (Å²) >= 11 is 5.55. The molecule has 0 bridgehead atoms. The lowest BCUT2D eigenvalue weighted by Gasteiger charge is -2.09. The Morgan fingerprint density at radius 2 is 2.05 bits per heavy atom. The van der Waals surface area contributed by atoms with Crippen LogP contribution in [0.5, 0.6) is 0 Å². The van der Waals surface area contributed by atoms with Gasteiger partial charge in [-0.25, -0.2) is 9.97 Å². The molecule has 106 valence electrons. The van der Waals surface area contributed by atoms with Gasteiger partial charge in [-0.05, 0) is 18.1 Å². The normalized spacial score (nSPS) is 11.4. The van der Waals surface area contributed by atoms with E-state index in [4.69, 9.17) is 11.6 Å². The van der Waals surface area contributed by atoms with E-state index in [1.807, 2.05) is 6.07 Å². The number of halogens is 4. The van der Waals surface area contributed by atoms with Gasteiger partial charge in [0.25, 0.3) is 0 Å². The second-order valence-electron chi connectivity index (χ2n) is 3.94. The lowest BCUT2D eigenvalue weighted by Crippen LogP contribution is -2.14. The summed E-state index contributed by atoms with van der Waals surface area (Å²) in [6.45, 7) is 0.413. The highest BCUT2D eigenvalue weighted by Gasteiger charge is 2.35. The molecule has 0 spiro atoms. The standard InChI is InChI=1S/C12H10ClF3N4/c13-9-6-10(20-11(19-9)12(14,15)16)18-5-3-8-2-1-4-17-7-8/h1-2,4,6-7H,3,5H2,(H,18,19,20). The van der Waals surface area contributed by atoms with Gasteiger partial charge < -0.3 is 5.32 Å². The van der Waals surface area contributed by atoms with Crippen LogP contribution in [0.15, 0.2) is 30.6 Å². The molecule has 0 amide bonds. The van der Waals surface area contributed by atoms with Gasteiger partial charge in [0, 0.05) is 25.0 Å². The first-order valence-corrected chi connectivity index (χ1v) is 6.07. The number of anilines is 1. The van der Waals surface area contributed by atoms with Crippen molar-refractivity contribution >= 4 is 17.4 Å². The zero-order chi connectivity index (χ0) is 14.6. The van der Waals surface area contributed by atoms with Gasteiger partial charge in [0.2, 0.25) is 5.82 Å². The average molecular weight is 303 g/mol. The number of alkyl halides is 3. The van der Waals surface area contributed by atoms with E-state index in [1.165, 1.54) is 6.07 Å². The van der Waals surface area contributed by atoms with E-state index in [2.05, 4.69) is 20.3 Å². The molecule has 0 aliphatic heterocycles. The Hall–Kier alpha value is -1.89. The first kappa shape index (κ1) is 14.5. The maximum atomic E-state index is 12.5. The van der Waals surface area contributed by atoms with E-state index in [0.717, 1.165) is 5.56 Å². The molecule has 0 radical (unpaired) electrons. The fourth-order valence-electron chi connectivity index (χ4n) is 1.52. The summed E-state index contributed by atoms with van der Waals surface area (Å²) < 4.78 is 37.5. The number of hydrogen-bond acceptors (Lipinski definition) is 4. The van der Waals surface area contributed by atoms with Crippen LogP contribution in [0.1, 0.15) is 11.4 Å². The average Bonchev–Trinajstić information content (AvgIpc) is 2.38. The first-order valence-electron chi connectivity index (χ1n) is 5.70. The van der Waals surface area contributed by atoms with E-state index >= 15 is 0 Å². The summed E-state index contributed by atoms with van der Waals surface area (Å²) in [4.78, 5) is 10.5. The Kier molecular flexibility index (Phi) is 4.39. The smallest absolute Gasteiger partial charge is 0.370 e. The van der Waals surface area contributed by atoms with Crippen molar-refractivity contribution in [3.63, 3.8) is 0 Å². The maximum Gasteiger partial charge on any atom is 0.451 e. The Balaban J connectivity index is 2.01. The van der Waals surface area contributed by atoms with Gasteiger partial charge in [-0.15, -0.1) is 0 Å².